The van der Waals surface area contributed by atoms with E-state index in [4.69, 9.17) is 5.73 Å². The Hall–Kier alpha value is -1.35. The van der Waals surface area contributed by atoms with Gasteiger partial charge in [-0.3, -0.25) is 9.69 Å². The minimum atomic E-state index is -0.365. The van der Waals surface area contributed by atoms with Crippen LogP contribution in [-0.2, 0) is 6.54 Å². The van der Waals surface area contributed by atoms with Crippen LogP contribution in [0.4, 0.5) is 0 Å². The summed E-state index contributed by atoms with van der Waals surface area (Å²) in [5, 5.41) is 0. The summed E-state index contributed by atoms with van der Waals surface area (Å²) < 4.78 is 0. The fraction of sp³-hybridized carbons (Fsp3) is 0.500. The van der Waals surface area contributed by atoms with Crippen molar-refractivity contribution in [1.82, 2.24) is 4.90 Å². The number of hydrogen-bond donors (Lipinski definition) is 1. The molecule has 0 unspecified atom stereocenters. The van der Waals surface area contributed by atoms with Crippen LogP contribution in [0.15, 0.2) is 24.3 Å². The summed E-state index contributed by atoms with van der Waals surface area (Å²) >= 11 is 0. The molecule has 1 rings (SSSR count). The number of carbonyl (C=O) groups is 1. The van der Waals surface area contributed by atoms with Crippen LogP contribution in [0, 0.1) is 0 Å². The summed E-state index contributed by atoms with van der Waals surface area (Å²) in [6.45, 7) is 7.56. The molecule has 0 radical (unpaired) electrons. The molecule has 17 heavy (non-hydrogen) atoms. The minimum Gasteiger partial charge on any atom is -0.366 e. The van der Waals surface area contributed by atoms with Crippen molar-refractivity contribution in [2.45, 2.75) is 33.2 Å². The van der Waals surface area contributed by atoms with Crippen molar-refractivity contribution in [2.24, 2.45) is 5.73 Å². The number of nitrogens with zero attached hydrogens (tertiary/aromatic N) is 1. The predicted octanol–water partition coefficient (Wildman–Crippen LogP) is 2.41. The lowest BCUT2D eigenvalue weighted by molar-refractivity contribution is 0.100. The van der Waals surface area contributed by atoms with Gasteiger partial charge in [0.05, 0.1) is 0 Å². The zero-order valence-electron chi connectivity index (χ0n) is 10.8. The SMILES string of the molecule is CCCN(CCC)Cc1ccc(C(N)=O)cc1. The van der Waals surface area contributed by atoms with E-state index in [0.29, 0.717) is 5.56 Å². The first kappa shape index (κ1) is 13.7. The molecule has 0 aliphatic heterocycles. The first-order chi connectivity index (χ1) is 8.17. The molecular formula is C14H22N2O. The van der Waals surface area contributed by atoms with Gasteiger partial charge in [0.1, 0.15) is 0 Å². The molecule has 3 nitrogen and oxygen atoms in total. The van der Waals surface area contributed by atoms with Crippen molar-refractivity contribution in [3.63, 3.8) is 0 Å². The molecule has 0 aliphatic carbocycles. The van der Waals surface area contributed by atoms with E-state index in [1.165, 1.54) is 18.4 Å². The molecule has 94 valence electrons. The van der Waals surface area contributed by atoms with Crippen LogP contribution in [0.25, 0.3) is 0 Å². The average molecular weight is 234 g/mol. The summed E-state index contributed by atoms with van der Waals surface area (Å²) in [6, 6.07) is 7.57. The van der Waals surface area contributed by atoms with Crippen molar-refractivity contribution in [3.8, 4) is 0 Å². The molecule has 2 N–H and O–H groups in total. The number of benzene rings is 1. The number of amides is 1. The lowest BCUT2D eigenvalue weighted by Gasteiger charge is -2.20. The van der Waals surface area contributed by atoms with Gasteiger partial charge in [0, 0.05) is 12.1 Å². The number of primary amides is 1. The summed E-state index contributed by atoms with van der Waals surface area (Å²) in [7, 11) is 0. The molecule has 1 aromatic carbocycles. The first-order valence-corrected chi connectivity index (χ1v) is 6.28. The Balaban J connectivity index is 2.62. The molecule has 0 spiro atoms. The second-order valence-corrected chi connectivity index (χ2v) is 4.34. The smallest absolute Gasteiger partial charge is 0.248 e. The fourth-order valence-corrected chi connectivity index (χ4v) is 1.93. The molecule has 0 aromatic heterocycles. The molecule has 0 fully saturated rings. The Labute approximate surface area is 104 Å². The Morgan fingerprint density at radius 3 is 2.06 bits per heavy atom. The Morgan fingerprint density at radius 1 is 1.12 bits per heavy atom. The lowest BCUT2D eigenvalue weighted by atomic mass is 10.1. The molecule has 3 heteroatoms. The van der Waals surface area contributed by atoms with Gasteiger partial charge in [0.2, 0.25) is 5.91 Å². The van der Waals surface area contributed by atoms with Gasteiger partial charge in [0.25, 0.3) is 0 Å². The van der Waals surface area contributed by atoms with E-state index in [1.807, 2.05) is 12.1 Å². The van der Waals surface area contributed by atoms with Gasteiger partial charge in [-0.15, -0.1) is 0 Å². The quantitative estimate of drug-likeness (QED) is 0.787. The highest BCUT2D eigenvalue weighted by molar-refractivity contribution is 5.92. The fourth-order valence-electron chi connectivity index (χ4n) is 1.93. The van der Waals surface area contributed by atoms with Gasteiger partial charge < -0.3 is 5.73 Å². The summed E-state index contributed by atoms with van der Waals surface area (Å²) in [5.74, 6) is -0.365. The maximum Gasteiger partial charge on any atom is 0.248 e. The second kappa shape index (κ2) is 7.07. The number of nitrogens with two attached hydrogens (primary N) is 1. The van der Waals surface area contributed by atoms with Crippen LogP contribution in [-0.4, -0.2) is 23.9 Å². The van der Waals surface area contributed by atoms with E-state index in [-0.39, 0.29) is 5.91 Å². The van der Waals surface area contributed by atoms with Crippen molar-refractivity contribution in [3.05, 3.63) is 35.4 Å². The van der Waals surface area contributed by atoms with Gasteiger partial charge in [-0.1, -0.05) is 26.0 Å². The van der Waals surface area contributed by atoms with Crippen molar-refractivity contribution in [2.75, 3.05) is 13.1 Å². The van der Waals surface area contributed by atoms with E-state index in [2.05, 4.69) is 18.7 Å². The van der Waals surface area contributed by atoms with Crippen LogP contribution in [0.5, 0.6) is 0 Å². The highest BCUT2D eigenvalue weighted by Crippen LogP contribution is 2.08. The van der Waals surface area contributed by atoms with Gasteiger partial charge in [-0.2, -0.15) is 0 Å². The average Bonchev–Trinajstić information content (AvgIpc) is 2.30. The van der Waals surface area contributed by atoms with Crippen molar-refractivity contribution in [1.29, 1.82) is 0 Å². The van der Waals surface area contributed by atoms with Crippen molar-refractivity contribution >= 4 is 5.91 Å². The molecule has 1 amide bonds. The summed E-state index contributed by atoms with van der Waals surface area (Å²) in [6.07, 6.45) is 2.33. The number of carbonyl (C=O) groups excluding carboxylic acids is 1. The maximum atomic E-state index is 11.0. The molecular weight excluding hydrogens is 212 g/mol. The highest BCUT2D eigenvalue weighted by Gasteiger charge is 2.05. The van der Waals surface area contributed by atoms with Crippen molar-refractivity contribution < 1.29 is 4.79 Å². The largest absolute Gasteiger partial charge is 0.366 e. The van der Waals surface area contributed by atoms with Crippen LogP contribution in [0.1, 0.15) is 42.6 Å². The lowest BCUT2D eigenvalue weighted by Crippen LogP contribution is -2.24. The maximum absolute atomic E-state index is 11.0. The van der Waals surface area contributed by atoms with Crippen LogP contribution >= 0.6 is 0 Å². The molecule has 0 heterocycles. The normalized spacial score (nSPS) is 10.8. The summed E-state index contributed by atoms with van der Waals surface area (Å²) in [5.41, 5.74) is 7.02. The molecule has 0 saturated carbocycles. The van der Waals surface area contributed by atoms with Gasteiger partial charge in [-0.05, 0) is 43.6 Å². The van der Waals surface area contributed by atoms with E-state index in [9.17, 15) is 4.79 Å². The first-order valence-electron chi connectivity index (χ1n) is 6.28. The second-order valence-electron chi connectivity index (χ2n) is 4.34. The number of hydrogen-bond acceptors (Lipinski definition) is 2. The van der Waals surface area contributed by atoms with E-state index < -0.39 is 0 Å². The molecule has 1 aromatic rings. The van der Waals surface area contributed by atoms with Crippen LogP contribution in [0.3, 0.4) is 0 Å². The van der Waals surface area contributed by atoms with Gasteiger partial charge >= 0.3 is 0 Å². The molecule has 0 aliphatic rings. The minimum absolute atomic E-state index is 0.365. The monoisotopic (exact) mass is 234 g/mol. The standard InChI is InChI=1S/C14H22N2O/c1-3-9-16(10-4-2)11-12-5-7-13(8-6-12)14(15)17/h5-8H,3-4,9-11H2,1-2H3,(H2,15,17). The molecule has 0 saturated heterocycles. The van der Waals surface area contributed by atoms with Crippen LogP contribution < -0.4 is 5.73 Å². The Kier molecular flexibility index (Phi) is 5.70. The predicted molar refractivity (Wildman–Crippen MR) is 70.8 cm³/mol. The third kappa shape index (κ3) is 4.57. The molecule has 0 atom stereocenters. The zero-order chi connectivity index (χ0) is 12.7. The Morgan fingerprint density at radius 2 is 1.65 bits per heavy atom. The molecule has 0 bridgehead atoms. The third-order valence-corrected chi connectivity index (χ3v) is 2.72. The van der Waals surface area contributed by atoms with Gasteiger partial charge in [-0.25, -0.2) is 0 Å². The zero-order valence-corrected chi connectivity index (χ0v) is 10.8. The van der Waals surface area contributed by atoms with E-state index in [1.54, 1.807) is 12.1 Å². The Bertz CT molecular complexity index is 340. The van der Waals surface area contributed by atoms with Gasteiger partial charge in [0.15, 0.2) is 0 Å². The highest BCUT2D eigenvalue weighted by atomic mass is 16.1. The van der Waals surface area contributed by atoms with E-state index in [0.717, 1.165) is 19.6 Å². The topological polar surface area (TPSA) is 46.3 Å². The third-order valence-electron chi connectivity index (χ3n) is 2.72. The number of rotatable bonds is 7. The van der Waals surface area contributed by atoms with Crippen LogP contribution in [0.2, 0.25) is 0 Å². The van der Waals surface area contributed by atoms with E-state index >= 15 is 0 Å². The summed E-state index contributed by atoms with van der Waals surface area (Å²) in [4.78, 5) is 13.4.